The Balaban J connectivity index is 2.49. The number of amides is 1. The van der Waals surface area contributed by atoms with E-state index in [0.717, 1.165) is 18.6 Å². The number of hydrogen-bond acceptors (Lipinski definition) is 3. The zero-order valence-electron chi connectivity index (χ0n) is 12.7. The van der Waals surface area contributed by atoms with Gasteiger partial charge < -0.3 is 20.7 Å². The Morgan fingerprint density at radius 2 is 1.91 bits per heavy atom. The van der Waals surface area contributed by atoms with Crippen molar-refractivity contribution >= 4 is 28.9 Å². The fourth-order valence-electron chi connectivity index (χ4n) is 1.57. The van der Waals surface area contributed by atoms with Gasteiger partial charge in [-0.3, -0.25) is 4.79 Å². The highest BCUT2D eigenvalue weighted by atomic mass is 32.1. The molecule has 3 N–H and O–H groups in total. The smallest absolute Gasteiger partial charge is 0.406 e. The summed E-state index contributed by atoms with van der Waals surface area (Å²) < 4.78 is 39.9. The van der Waals surface area contributed by atoms with E-state index < -0.39 is 12.4 Å². The number of nitrogens with one attached hydrogen (secondary N) is 3. The molecule has 0 aliphatic carbocycles. The molecule has 23 heavy (non-hydrogen) atoms. The number of alkyl halides is 3. The normalized spacial score (nSPS) is 12.2. The number of carbonyl (C=O) groups is 1. The summed E-state index contributed by atoms with van der Waals surface area (Å²) in [4.78, 5) is 11.7. The lowest BCUT2D eigenvalue weighted by Gasteiger charge is -2.17. The molecule has 1 aromatic carbocycles. The molecule has 0 unspecified atom stereocenters. The maximum Gasteiger partial charge on any atom is 0.573 e. The van der Waals surface area contributed by atoms with Crippen molar-refractivity contribution in [2.45, 2.75) is 32.7 Å². The van der Waals surface area contributed by atoms with E-state index >= 15 is 0 Å². The number of rotatable bonds is 6. The van der Waals surface area contributed by atoms with Gasteiger partial charge in [-0.15, -0.1) is 13.2 Å². The van der Waals surface area contributed by atoms with Crippen molar-refractivity contribution < 1.29 is 22.7 Å². The summed E-state index contributed by atoms with van der Waals surface area (Å²) in [5.74, 6) is -0.515. The molecule has 1 amide bonds. The lowest BCUT2D eigenvalue weighted by atomic mass is 10.3. The van der Waals surface area contributed by atoms with Crippen molar-refractivity contribution in [1.82, 2.24) is 10.6 Å². The second-order valence-electron chi connectivity index (χ2n) is 4.68. The molecule has 0 fully saturated rings. The quantitative estimate of drug-likeness (QED) is 0.690. The first-order valence-corrected chi connectivity index (χ1v) is 7.33. The summed E-state index contributed by atoms with van der Waals surface area (Å²) in [5, 5.41) is 8.47. The van der Waals surface area contributed by atoms with Crippen molar-refractivity contribution in [1.29, 1.82) is 0 Å². The van der Waals surface area contributed by atoms with E-state index in [9.17, 15) is 18.0 Å². The van der Waals surface area contributed by atoms with Gasteiger partial charge in [-0.2, -0.15) is 0 Å². The van der Waals surface area contributed by atoms with E-state index in [4.69, 9.17) is 12.2 Å². The largest absolute Gasteiger partial charge is 0.573 e. The molecule has 0 aromatic heterocycles. The summed E-state index contributed by atoms with van der Waals surface area (Å²) >= 11 is 5.05. The minimum Gasteiger partial charge on any atom is -0.406 e. The van der Waals surface area contributed by atoms with Gasteiger partial charge in [0, 0.05) is 12.2 Å². The molecule has 1 aromatic rings. The zero-order valence-corrected chi connectivity index (χ0v) is 13.5. The van der Waals surface area contributed by atoms with Gasteiger partial charge in [0.05, 0.1) is 0 Å². The van der Waals surface area contributed by atoms with E-state index in [2.05, 4.69) is 20.7 Å². The lowest BCUT2D eigenvalue weighted by molar-refractivity contribution is -0.274. The molecule has 128 valence electrons. The second-order valence-corrected chi connectivity index (χ2v) is 5.09. The van der Waals surface area contributed by atoms with Gasteiger partial charge in [0.1, 0.15) is 11.8 Å². The van der Waals surface area contributed by atoms with E-state index in [-0.39, 0.29) is 16.8 Å². The van der Waals surface area contributed by atoms with Crippen LogP contribution in [0.15, 0.2) is 24.3 Å². The molecule has 0 aliphatic heterocycles. The maximum absolute atomic E-state index is 12.1. The Morgan fingerprint density at radius 1 is 1.30 bits per heavy atom. The zero-order chi connectivity index (χ0) is 17.5. The van der Waals surface area contributed by atoms with E-state index in [1.165, 1.54) is 12.1 Å². The van der Waals surface area contributed by atoms with Crippen LogP contribution in [-0.4, -0.2) is 30.0 Å². The third-order valence-electron chi connectivity index (χ3n) is 2.64. The minimum absolute atomic E-state index is 0.189. The van der Waals surface area contributed by atoms with Gasteiger partial charge in [-0.05, 0) is 49.8 Å². The molecule has 5 nitrogen and oxygen atoms in total. The van der Waals surface area contributed by atoms with Crippen molar-refractivity contribution in [3.8, 4) is 5.75 Å². The molecule has 0 spiro atoms. The van der Waals surface area contributed by atoms with Crippen LogP contribution in [0.25, 0.3) is 0 Å². The average molecular weight is 349 g/mol. The highest BCUT2D eigenvalue weighted by Gasteiger charge is 2.30. The number of ether oxygens (including phenoxy) is 1. The number of carbonyl (C=O) groups excluding carboxylic acids is 1. The molecular formula is C14H18F3N3O2S. The van der Waals surface area contributed by atoms with E-state index in [1.807, 2.05) is 6.92 Å². The number of benzene rings is 1. The van der Waals surface area contributed by atoms with E-state index in [1.54, 1.807) is 6.92 Å². The number of thiocarbonyl (C=S) groups is 1. The molecule has 0 saturated heterocycles. The first kappa shape index (κ1) is 19.0. The molecule has 0 bridgehead atoms. The summed E-state index contributed by atoms with van der Waals surface area (Å²) in [6.07, 6.45) is -3.90. The average Bonchev–Trinajstić information content (AvgIpc) is 2.45. The Hall–Kier alpha value is -2.03. The molecule has 0 saturated carbocycles. The van der Waals surface area contributed by atoms with Crippen molar-refractivity contribution in [2.24, 2.45) is 0 Å². The number of halogens is 3. The van der Waals surface area contributed by atoms with Crippen LogP contribution < -0.4 is 20.7 Å². The first-order chi connectivity index (χ1) is 10.7. The molecule has 0 heterocycles. The third-order valence-corrected chi connectivity index (χ3v) is 2.86. The monoisotopic (exact) mass is 349 g/mol. The Morgan fingerprint density at radius 3 is 2.43 bits per heavy atom. The molecule has 0 radical (unpaired) electrons. The van der Waals surface area contributed by atoms with Crippen molar-refractivity contribution in [3.05, 3.63) is 24.3 Å². The SMILES string of the molecule is CCCNC(=O)[C@@H](C)NC(=S)Nc1ccc(OC(F)(F)F)cc1. The predicted octanol–water partition coefficient (Wildman–Crippen LogP) is 2.79. The molecular weight excluding hydrogens is 331 g/mol. The number of hydrogen-bond donors (Lipinski definition) is 3. The summed E-state index contributed by atoms with van der Waals surface area (Å²) in [6, 6.07) is 4.56. The Kier molecular flexibility index (Phi) is 7.08. The van der Waals surface area contributed by atoms with Gasteiger partial charge in [-0.25, -0.2) is 0 Å². The van der Waals surface area contributed by atoms with Gasteiger partial charge in [0.15, 0.2) is 5.11 Å². The molecule has 1 rings (SSSR count). The van der Waals surface area contributed by atoms with Gasteiger partial charge in [0.2, 0.25) is 5.91 Å². The van der Waals surface area contributed by atoms with E-state index in [0.29, 0.717) is 12.2 Å². The van der Waals surface area contributed by atoms with Crippen molar-refractivity contribution in [2.75, 3.05) is 11.9 Å². The standard InChI is InChI=1S/C14H18F3N3O2S/c1-3-8-18-12(21)9(2)19-13(23)20-10-4-6-11(7-5-10)22-14(15,16)17/h4-7,9H,3,8H2,1-2H3,(H,18,21)(H2,19,20,23)/t9-/m1/s1. The summed E-state index contributed by atoms with van der Waals surface area (Å²) in [6.45, 7) is 4.17. The van der Waals surface area contributed by atoms with Gasteiger partial charge in [0.25, 0.3) is 0 Å². The first-order valence-electron chi connectivity index (χ1n) is 6.92. The van der Waals surface area contributed by atoms with Gasteiger partial charge in [-0.1, -0.05) is 6.92 Å². The highest BCUT2D eigenvalue weighted by molar-refractivity contribution is 7.80. The van der Waals surface area contributed by atoms with Crippen LogP contribution in [0.3, 0.4) is 0 Å². The summed E-state index contributed by atoms with van der Waals surface area (Å²) in [5.41, 5.74) is 0.471. The van der Waals surface area contributed by atoms with Crippen LogP contribution in [0, 0.1) is 0 Å². The number of anilines is 1. The van der Waals surface area contributed by atoms with Crippen LogP contribution in [-0.2, 0) is 4.79 Å². The van der Waals surface area contributed by atoms with Gasteiger partial charge >= 0.3 is 6.36 Å². The second kappa shape index (κ2) is 8.56. The Labute approximate surface area is 137 Å². The van der Waals surface area contributed by atoms with Crippen molar-refractivity contribution in [3.63, 3.8) is 0 Å². The fourth-order valence-corrected chi connectivity index (χ4v) is 1.87. The van der Waals surface area contributed by atoms with Crippen LogP contribution >= 0.6 is 12.2 Å². The Bertz CT molecular complexity index is 535. The van der Waals surface area contributed by atoms with Crippen LogP contribution in [0.2, 0.25) is 0 Å². The van der Waals surface area contributed by atoms with Crippen LogP contribution in [0.4, 0.5) is 18.9 Å². The lowest BCUT2D eigenvalue weighted by Crippen LogP contribution is -2.46. The maximum atomic E-state index is 12.1. The van der Waals surface area contributed by atoms with Crippen LogP contribution in [0.1, 0.15) is 20.3 Å². The molecule has 0 aliphatic rings. The minimum atomic E-state index is -4.73. The summed E-state index contributed by atoms with van der Waals surface area (Å²) in [7, 11) is 0. The predicted molar refractivity (Wildman–Crippen MR) is 85.2 cm³/mol. The molecule has 1 atom stereocenters. The topological polar surface area (TPSA) is 62.4 Å². The highest BCUT2D eigenvalue weighted by Crippen LogP contribution is 2.23. The molecule has 9 heteroatoms. The fraction of sp³-hybridized carbons (Fsp3) is 0.429. The van der Waals surface area contributed by atoms with Crippen LogP contribution in [0.5, 0.6) is 5.75 Å². The third kappa shape index (κ3) is 7.68.